The summed E-state index contributed by atoms with van der Waals surface area (Å²) in [6.07, 6.45) is 5.53. The fraction of sp³-hybridized carbons (Fsp3) is 0.650. The van der Waals surface area contributed by atoms with Gasteiger partial charge in [-0.25, -0.2) is 9.97 Å². The van der Waals surface area contributed by atoms with Gasteiger partial charge >= 0.3 is 0 Å². The topological polar surface area (TPSA) is 88.3 Å². The Labute approximate surface area is 166 Å². The Bertz CT molecular complexity index is 768. The van der Waals surface area contributed by atoms with Gasteiger partial charge in [0.15, 0.2) is 5.82 Å². The van der Waals surface area contributed by atoms with Crippen LogP contribution >= 0.6 is 0 Å². The van der Waals surface area contributed by atoms with Crippen LogP contribution in [-0.4, -0.2) is 57.1 Å². The molecule has 0 bridgehead atoms. The maximum atomic E-state index is 12.5. The van der Waals surface area contributed by atoms with Crippen LogP contribution in [0.15, 0.2) is 16.8 Å². The number of rotatable bonds is 8. The standard InChI is InChI=1S/C20H30N6O2/c1-4-6-17-23-18(28-24-17)7-5-8-19(27)25-11-13-26(14-12-25)20-21-10-9-16(22-20)15(2)3/h9-10,15H,4-8,11-14H2,1-3H3. The average Bonchev–Trinajstić information content (AvgIpc) is 3.16. The summed E-state index contributed by atoms with van der Waals surface area (Å²) in [5.41, 5.74) is 1.05. The summed E-state index contributed by atoms with van der Waals surface area (Å²) in [5, 5.41) is 3.95. The van der Waals surface area contributed by atoms with Crippen molar-refractivity contribution in [1.29, 1.82) is 0 Å². The second-order valence-electron chi connectivity index (χ2n) is 7.51. The number of carbonyl (C=O) groups excluding carboxylic acids is 1. The minimum Gasteiger partial charge on any atom is -0.339 e. The van der Waals surface area contributed by atoms with Crippen molar-refractivity contribution in [3.05, 3.63) is 29.7 Å². The van der Waals surface area contributed by atoms with E-state index in [1.165, 1.54) is 0 Å². The van der Waals surface area contributed by atoms with Gasteiger partial charge in [0.25, 0.3) is 0 Å². The van der Waals surface area contributed by atoms with Crippen molar-refractivity contribution in [2.45, 2.75) is 58.8 Å². The molecule has 0 aromatic carbocycles. The molecule has 152 valence electrons. The third kappa shape index (κ3) is 5.27. The molecule has 28 heavy (non-hydrogen) atoms. The number of nitrogens with zero attached hydrogens (tertiary/aromatic N) is 6. The quantitative estimate of drug-likeness (QED) is 0.689. The fourth-order valence-electron chi connectivity index (χ4n) is 3.26. The third-order valence-electron chi connectivity index (χ3n) is 4.94. The Kier molecular flexibility index (Phi) is 6.95. The van der Waals surface area contributed by atoms with Crippen molar-refractivity contribution in [3.8, 4) is 0 Å². The van der Waals surface area contributed by atoms with Crippen molar-refractivity contribution in [2.24, 2.45) is 0 Å². The van der Waals surface area contributed by atoms with E-state index in [9.17, 15) is 4.79 Å². The van der Waals surface area contributed by atoms with Crippen molar-refractivity contribution >= 4 is 11.9 Å². The van der Waals surface area contributed by atoms with Crippen molar-refractivity contribution < 1.29 is 9.32 Å². The molecule has 1 aliphatic heterocycles. The molecule has 3 rings (SSSR count). The average molecular weight is 387 g/mol. The summed E-state index contributed by atoms with van der Waals surface area (Å²) in [7, 11) is 0. The van der Waals surface area contributed by atoms with E-state index >= 15 is 0 Å². The van der Waals surface area contributed by atoms with Crippen molar-refractivity contribution in [1.82, 2.24) is 25.0 Å². The Balaban J connectivity index is 1.42. The van der Waals surface area contributed by atoms with Gasteiger partial charge in [0.05, 0.1) is 0 Å². The summed E-state index contributed by atoms with van der Waals surface area (Å²) in [6, 6.07) is 1.96. The molecule has 0 spiro atoms. The molecule has 1 aliphatic rings. The molecule has 0 atom stereocenters. The molecule has 1 saturated heterocycles. The van der Waals surface area contributed by atoms with Crippen molar-refractivity contribution in [2.75, 3.05) is 31.1 Å². The number of anilines is 1. The Hall–Kier alpha value is -2.51. The van der Waals surface area contributed by atoms with E-state index in [0.29, 0.717) is 37.7 Å². The predicted octanol–water partition coefficient (Wildman–Crippen LogP) is 2.61. The summed E-state index contributed by atoms with van der Waals surface area (Å²) in [6.45, 7) is 9.27. The second kappa shape index (κ2) is 9.61. The number of amides is 1. The first-order valence-electron chi connectivity index (χ1n) is 10.2. The van der Waals surface area contributed by atoms with E-state index in [1.54, 1.807) is 0 Å². The molecule has 0 N–H and O–H groups in total. The second-order valence-corrected chi connectivity index (χ2v) is 7.51. The highest BCUT2D eigenvalue weighted by molar-refractivity contribution is 5.76. The van der Waals surface area contributed by atoms with E-state index in [0.717, 1.165) is 49.8 Å². The Morgan fingerprint density at radius 1 is 1.18 bits per heavy atom. The van der Waals surface area contributed by atoms with Crippen LogP contribution in [0.4, 0.5) is 5.95 Å². The molecule has 2 aromatic heterocycles. The molecule has 0 unspecified atom stereocenters. The van der Waals surface area contributed by atoms with Gasteiger partial charge in [-0.05, 0) is 24.8 Å². The first-order valence-corrected chi connectivity index (χ1v) is 10.2. The zero-order valence-electron chi connectivity index (χ0n) is 17.1. The van der Waals surface area contributed by atoms with Gasteiger partial charge in [0.2, 0.25) is 17.7 Å². The van der Waals surface area contributed by atoms with E-state index in [4.69, 9.17) is 4.52 Å². The molecule has 0 aliphatic carbocycles. The van der Waals surface area contributed by atoms with Gasteiger partial charge in [0.1, 0.15) is 0 Å². The number of hydrogen-bond donors (Lipinski definition) is 0. The summed E-state index contributed by atoms with van der Waals surface area (Å²) >= 11 is 0. The smallest absolute Gasteiger partial charge is 0.226 e. The number of aryl methyl sites for hydroxylation is 2. The zero-order valence-corrected chi connectivity index (χ0v) is 17.1. The first kappa shape index (κ1) is 20.2. The SMILES string of the molecule is CCCc1noc(CCCC(=O)N2CCN(c3nccc(C(C)C)n3)CC2)n1. The molecule has 1 fully saturated rings. The van der Waals surface area contributed by atoms with E-state index < -0.39 is 0 Å². The lowest BCUT2D eigenvalue weighted by Gasteiger charge is -2.35. The molecule has 2 aromatic rings. The van der Waals surface area contributed by atoms with Crippen LogP contribution in [0.25, 0.3) is 0 Å². The van der Waals surface area contributed by atoms with Gasteiger partial charge < -0.3 is 14.3 Å². The maximum absolute atomic E-state index is 12.5. The van der Waals surface area contributed by atoms with Crippen LogP contribution < -0.4 is 4.90 Å². The monoisotopic (exact) mass is 386 g/mol. The summed E-state index contributed by atoms with van der Waals surface area (Å²) in [4.78, 5) is 30.0. The highest BCUT2D eigenvalue weighted by Gasteiger charge is 2.22. The third-order valence-corrected chi connectivity index (χ3v) is 4.94. The minimum absolute atomic E-state index is 0.185. The van der Waals surface area contributed by atoms with Crippen LogP contribution in [0.5, 0.6) is 0 Å². The highest BCUT2D eigenvalue weighted by Crippen LogP contribution is 2.16. The van der Waals surface area contributed by atoms with Crippen LogP contribution in [0.2, 0.25) is 0 Å². The van der Waals surface area contributed by atoms with Gasteiger partial charge in [-0.1, -0.05) is 25.9 Å². The van der Waals surface area contributed by atoms with Crippen LogP contribution in [0, 0.1) is 0 Å². The molecule has 3 heterocycles. The number of hydrogen-bond acceptors (Lipinski definition) is 7. The molecule has 1 amide bonds. The molecule has 8 nitrogen and oxygen atoms in total. The summed E-state index contributed by atoms with van der Waals surface area (Å²) < 4.78 is 5.23. The van der Waals surface area contributed by atoms with Crippen LogP contribution in [0.3, 0.4) is 0 Å². The first-order chi connectivity index (χ1) is 13.6. The molecular weight excluding hydrogens is 356 g/mol. The highest BCUT2D eigenvalue weighted by atomic mass is 16.5. The minimum atomic E-state index is 0.185. The molecular formula is C20H30N6O2. The van der Waals surface area contributed by atoms with Crippen LogP contribution in [-0.2, 0) is 17.6 Å². The normalized spacial score (nSPS) is 14.7. The number of aromatic nitrogens is 4. The summed E-state index contributed by atoms with van der Waals surface area (Å²) in [5.74, 6) is 2.70. The lowest BCUT2D eigenvalue weighted by Crippen LogP contribution is -2.49. The lowest BCUT2D eigenvalue weighted by molar-refractivity contribution is -0.131. The maximum Gasteiger partial charge on any atom is 0.226 e. The Morgan fingerprint density at radius 2 is 1.96 bits per heavy atom. The van der Waals surface area contributed by atoms with Gasteiger partial charge in [-0.3, -0.25) is 4.79 Å². The molecule has 0 saturated carbocycles. The zero-order chi connectivity index (χ0) is 19.9. The van der Waals surface area contributed by atoms with Crippen LogP contribution in [0.1, 0.15) is 63.4 Å². The number of piperazine rings is 1. The predicted molar refractivity (Wildman–Crippen MR) is 106 cm³/mol. The fourth-order valence-corrected chi connectivity index (χ4v) is 3.26. The van der Waals surface area contributed by atoms with Gasteiger partial charge in [-0.2, -0.15) is 4.98 Å². The lowest BCUT2D eigenvalue weighted by atomic mass is 10.1. The van der Waals surface area contributed by atoms with E-state index in [-0.39, 0.29) is 5.91 Å². The van der Waals surface area contributed by atoms with Gasteiger partial charge in [0, 0.05) is 57.3 Å². The molecule has 0 radical (unpaired) electrons. The van der Waals surface area contributed by atoms with Gasteiger partial charge in [-0.15, -0.1) is 0 Å². The number of carbonyl (C=O) groups is 1. The molecule has 8 heteroatoms. The Morgan fingerprint density at radius 3 is 2.68 bits per heavy atom. The van der Waals surface area contributed by atoms with Crippen molar-refractivity contribution in [3.63, 3.8) is 0 Å². The van der Waals surface area contributed by atoms with E-state index in [2.05, 4.69) is 45.8 Å². The van der Waals surface area contributed by atoms with E-state index in [1.807, 2.05) is 17.2 Å². The largest absolute Gasteiger partial charge is 0.339 e.